The van der Waals surface area contributed by atoms with Gasteiger partial charge in [0.2, 0.25) is 12.7 Å². The first kappa shape index (κ1) is 14.4. The van der Waals surface area contributed by atoms with Crippen molar-refractivity contribution >= 4 is 5.91 Å². The van der Waals surface area contributed by atoms with Crippen LogP contribution in [0.1, 0.15) is 25.0 Å². The number of nitrogens with one attached hydrogen (secondary N) is 1. The van der Waals surface area contributed by atoms with E-state index >= 15 is 0 Å². The molecule has 0 unspecified atom stereocenters. The Balaban J connectivity index is 1.67. The van der Waals surface area contributed by atoms with E-state index in [2.05, 4.69) is 5.32 Å². The number of rotatable bonds is 4. The zero-order valence-electron chi connectivity index (χ0n) is 12.8. The first-order valence-corrected chi connectivity index (χ1v) is 7.30. The van der Waals surface area contributed by atoms with Crippen LogP contribution in [-0.2, 0) is 16.8 Å². The normalized spacial score (nSPS) is 13.0. The lowest BCUT2D eigenvalue weighted by molar-refractivity contribution is -0.125. The van der Waals surface area contributed by atoms with Gasteiger partial charge in [0, 0.05) is 6.54 Å². The maximum atomic E-state index is 12.5. The molecule has 0 saturated carbocycles. The summed E-state index contributed by atoms with van der Waals surface area (Å²) in [5, 5.41) is 2.99. The van der Waals surface area contributed by atoms with E-state index in [1.807, 2.05) is 62.4 Å². The van der Waals surface area contributed by atoms with Gasteiger partial charge in [0.05, 0.1) is 5.41 Å². The predicted octanol–water partition coefficient (Wildman–Crippen LogP) is 3.01. The van der Waals surface area contributed by atoms with Gasteiger partial charge < -0.3 is 14.8 Å². The number of fused-ring (bicyclic) bond motifs is 1. The van der Waals surface area contributed by atoms with Gasteiger partial charge in [0.1, 0.15) is 0 Å². The average Bonchev–Trinajstić information content (AvgIpc) is 3.01. The van der Waals surface area contributed by atoms with E-state index < -0.39 is 5.41 Å². The summed E-state index contributed by atoms with van der Waals surface area (Å²) >= 11 is 0. The molecule has 0 radical (unpaired) electrons. The minimum atomic E-state index is -0.572. The number of ether oxygens (including phenoxy) is 2. The molecule has 0 saturated heterocycles. The third kappa shape index (κ3) is 2.77. The lowest BCUT2D eigenvalue weighted by Crippen LogP contribution is -2.39. The van der Waals surface area contributed by atoms with E-state index in [0.717, 1.165) is 22.6 Å². The Kier molecular flexibility index (Phi) is 3.75. The van der Waals surface area contributed by atoms with Crippen molar-refractivity contribution in [3.05, 3.63) is 59.7 Å². The number of carbonyl (C=O) groups is 1. The molecule has 0 fully saturated rings. The SMILES string of the molecule is CC(C)(C(=O)NCc1ccc2c(c1)OCO2)c1ccccc1. The largest absolute Gasteiger partial charge is 0.454 e. The number of benzene rings is 2. The number of carbonyl (C=O) groups excluding carboxylic acids is 1. The molecular weight excluding hydrogens is 278 g/mol. The molecule has 0 atom stereocenters. The Labute approximate surface area is 130 Å². The molecule has 0 bridgehead atoms. The predicted molar refractivity (Wildman–Crippen MR) is 83.9 cm³/mol. The Hall–Kier alpha value is -2.49. The fourth-order valence-corrected chi connectivity index (χ4v) is 2.44. The summed E-state index contributed by atoms with van der Waals surface area (Å²) in [4.78, 5) is 12.5. The quantitative estimate of drug-likeness (QED) is 0.943. The highest BCUT2D eigenvalue weighted by atomic mass is 16.7. The second kappa shape index (κ2) is 5.72. The first-order chi connectivity index (χ1) is 10.6. The molecular formula is C18H19NO3. The van der Waals surface area contributed by atoms with Crippen LogP contribution >= 0.6 is 0 Å². The Bertz CT molecular complexity index is 680. The maximum absolute atomic E-state index is 12.5. The fourth-order valence-electron chi connectivity index (χ4n) is 2.44. The second-order valence-electron chi connectivity index (χ2n) is 5.86. The molecule has 4 heteroatoms. The van der Waals surface area contributed by atoms with Gasteiger partial charge in [-0.25, -0.2) is 0 Å². The molecule has 3 rings (SSSR count). The third-order valence-corrected chi connectivity index (χ3v) is 3.95. The van der Waals surface area contributed by atoms with E-state index in [0.29, 0.717) is 6.54 Å². The van der Waals surface area contributed by atoms with Crippen molar-refractivity contribution in [2.75, 3.05) is 6.79 Å². The highest BCUT2D eigenvalue weighted by Crippen LogP contribution is 2.32. The van der Waals surface area contributed by atoms with E-state index in [1.54, 1.807) is 0 Å². The van der Waals surface area contributed by atoms with E-state index in [4.69, 9.17) is 9.47 Å². The first-order valence-electron chi connectivity index (χ1n) is 7.30. The second-order valence-corrected chi connectivity index (χ2v) is 5.86. The molecule has 114 valence electrons. The molecule has 1 N–H and O–H groups in total. The van der Waals surface area contributed by atoms with Crippen molar-refractivity contribution in [1.29, 1.82) is 0 Å². The molecule has 1 heterocycles. The summed E-state index contributed by atoms with van der Waals surface area (Å²) < 4.78 is 10.6. The highest BCUT2D eigenvalue weighted by Gasteiger charge is 2.29. The Morgan fingerprint density at radius 3 is 2.59 bits per heavy atom. The monoisotopic (exact) mass is 297 g/mol. The summed E-state index contributed by atoms with van der Waals surface area (Å²) in [5.41, 5.74) is 1.41. The van der Waals surface area contributed by atoms with E-state index in [1.165, 1.54) is 0 Å². The van der Waals surface area contributed by atoms with Crippen LogP contribution in [0.15, 0.2) is 48.5 Å². The van der Waals surface area contributed by atoms with Crippen LogP contribution in [0.2, 0.25) is 0 Å². The summed E-state index contributed by atoms with van der Waals surface area (Å²) in [6.07, 6.45) is 0. The average molecular weight is 297 g/mol. The van der Waals surface area contributed by atoms with Crippen LogP contribution in [-0.4, -0.2) is 12.7 Å². The maximum Gasteiger partial charge on any atom is 0.231 e. The lowest BCUT2D eigenvalue weighted by atomic mass is 9.84. The van der Waals surface area contributed by atoms with Crippen LogP contribution in [0.5, 0.6) is 11.5 Å². The summed E-state index contributed by atoms with van der Waals surface area (Å²) in [6.45, 7) is 4.58. The zero-order chi connectivity index (χ0) is 15.6. The minimum absolute atomic E-state index is 0.00336. The Morgan fingerprint density at radius 2 is 1.82 bits per heavy atom. The van der Waals surface area contributed by atoms with Crippen molar-refractivity contribution in [3.63, 3.8) is 0 Å². The molecule has 2 aromatic carbocycles. The van der Waals surface area contributed by atoms with Crippen LogP contribution < -0.4 is 14.8 Å². The third-order valence-electron chi connectivity index (χ3n) is 3.95. The van der Waals surface area contributed by atoms with Crippen molar-refractivity contribution in [2.24, 2.45) is 0 Å². The highest BCUT2D eigenvalue weighted by molar-refractivity contribution is 5.87. The van der Waals surface area contributed by atoms with Crippen molar-refractivity contribution in [1.82, 2.24) is 5.32 Å². The molecule has 2 aromatic rings. The molecule has 1 aliphatic heterocycles. The van der Waals surface area contributed by atoms with Crippen molar-refractivity contribution in [3.8, 4) is 11.5 Å². The van der Waals surface area contributed by atoms with Gasteiger partial charge in [-0.05, 0) is 37.1 Å². The topological polar surface area (TPSA) is 47.6 Å². The molecule has 1 amide bonds. The number of hydrogen-bond donors (Lipinski definition) is 1. The summed E-state index contributed by atoms with van der Waals surface area (Å²) in [7, 11) is 0. The molecule has 1 aliphatic rings. The zero-order valence-corrected chi connectivity index (χ0v) is 12.8. The van der Waals surface area contributed by atoms with Crippen LogP contribution in [0.3, 0.4) is 0 Å². The van der Waals surface area contributed by atoms with E-state index in [-0.39, 0.29) is 12.7 Å². The Morgan fingerprint density at radius 1 is 1.09 bits per heavy atom. The minimum Gasteiger partial charge on any atom is -0.454 e. The van der Waals surface area contributed by atoms with Gasteiger partial charge in [0.15, 0.2) is 11.5 Å². The van der Waals surface area contributed by atoms with E-state index in [9.17, 15) is 4.79 Å². The van der Waals surface area contributed by atoms with Crippen LogP contribution in [0.4, 0.5) is 0 Å². The van der Waals surface area contributed by atoms with Crippen LogP contribution in [0, 0.1) is 0 Å². The van der Waals surface area contributed by atoms with Gasteiger partial charge in [-0.3, -0.25) is 4.79 Å². The van der Waals surface area contributed by atoms with Crippen molar-refractivity contribution in [2.45, 2.75) is 25.8 Å². The molecule has 4 nitrogen and oxygen atoms in total. The smallest absolute Gasteiger partial charge is 0.231 e. The number of amides is 1. The number of hydrogen-bond acceptors (Lipinski definition) is 3. The fraction of sp³-hybridized carbons (Fsp3) is 0.278. The van der Waals surface area contributed by atoms with Gasteiger partial charge >= 0.3 is 0 Å². The standard InChI is InChI=1S/C18H19NO3/c1-18(2,14-6-4-3-5-7-14)17(20)19-11-13-8-9-15-16(10-13)22-12-21-15/h3-10H,11-12H2,1-2H3,(H,19,20). The lowest BCUT2D eigenvalue weighted by Gasteiger charge is -2.24. The van der Waals surface area contributed by atoms with Gasteiger partial charge in [0.25, 0.3) is 0 Å². The summed E-state index contributed by atoms with van der Waals surface area (Å²) in [5.74, 6) is 1.48. The molecule has 0 aliphatic carbocycles. The van der Waals surface area contributed by atoms with Gasteiger partial charge in [-0.15, -0.1) is 0 Å². The van der Waals surface area contributed by atoms with Crippen LogP contribution in [0.25, 0.3) is 0 Å². The molecule has 22 heavy (non-hydrogen) atoms. The van der Waals surface area contributed by atoms with Gasteiger partial charge in [-0.1, -0.05) is 36.4 Å². The molecule has 0 spiro atoms. The summed E-state index contributed by atoms with van der Waals surface area (Å²) in [6, 6.07) is 15.5. The van der Waals surface area contributed by atoms with Gasteiger partial charge in [-0.2, -0.15) is 0 Å². The molecule has 0 aromatic heterocycles. The van der Waals surface area contributed by atoms with Crippen molar-refractivity contribution < 1.29 is 14.3 Å².